The molecule has 9 aromatic rings. The average Bonchev–Trinajstić information content (AvgIpc) is 3.77. The van der Waals surface area contributed by atoms with Crippen LogP contribution < -0.4 is 4.90 Å². The largest absolute Gasteiger partial charge is 0.308 e. The molecule has 2 aliphatic rings. The lowest BCUT2D eigenvalue weighted by Gasteiger charge is -2.29. The van der Waals surface area contributed by atoms with E-state index in [1.165, 1.54) is 124 Å². The van der Waals surface area contributed by atoms with Crippen molar-refractivity contribution in [2.24, 2.45) is 0 Å². The normalized spacial score (nSPS) is 14.9. The third kappa shape index (κ3) is 5.49. The number of benzene rings is 8. The smallest absolute Gasteiger partial charge is 0.0640 e. The second kappa shape index (κ2) is 13.6. The molecule has 2 aliphatic carbocycles. The van der Waals surface area contributed by atoms with Crippen molar-refractivity contribution in [3.8, 4) is 33.4 Å². The number of fused-ring (bicyclic) bond motifs is 7. The number of hydrogen-bond acceptors (Lipinski definition) is 2. The number of nitrogens with zero attached hydrogens (tertiary/aromatic N) is 1. The van der Waals surface area contributed by atoms with Crippen LogP contribution in [0.4, 0.5) is 17.1 Å². The lowest BCUT2D eigenvalue weighted by molar-refractivity contribution is 0.445. The molecule has 0 N–H and O–H groups in total. The molecule has 1 nitrogen and oxygen atoms in total. The van der Waals surface area contributed by atoms with Crippen LogP contribution >= 0.6 is 11.3 Å². The van der Waals surface area contributed by atoms with Crippen LogP contribution in [0.3, 0.4) is 0 Å². The maximum Gasteiger partial charge on any atom is 0.0640 e. The highest BCUT2D eigenvalue weighted by molar-refractivity contribution is 7.26. The van der Waals surface area contributed by atoms with Crippen LogP contribution in [0.5, 0.6) is 0 Å². The molecule has 57 heavy (non-hydrogen) atoms. The maximum absolute atomic E-state index is 2.53. The van der Waals surface area contributed by atoms with Gasteiger partial charge in [0.2, 0.25) is 0 Å². The molecular formula is C55H45NS. The van der Waals surface area contributed by atoms with Crippen molar-refractivity contribution in [2.75, 3.05) is 4.90 Å². The molecular weight excluding hydrogens is 707 g/mol. The first-order valence-corrected chi connectivity index (χ1v) is 21.5. The minimum atomic E-state index is -0.0379. The van der Waals surface area contributed by atoms with Gasteiger partial charge < -0.3 is 4.90 Å². The summed E-state index contributed by atoms with van der Waals surface area (Å²) in [5.41, 5.74) is 15.7. The summed E-state index contributed by atoms with van der Waals surface area (Å²) in [7, 11) is 0. The van der Waals surface area contributed by atoms with Gasteiger partial charge in [-0.15, -0.1) is 11.3 Å². The van der Waals surface area contributed by atoms with E-state index in [1.807, 2.05) is 11.3 Å². The van der Waals surface area contributed by atoms with Gasteiger partial charge in [-0.2, -0.15) is 0 Å². The van der Waals surface area contributed by atoms with E-state index in [1.54, 1.807) is 0 Å². The Morgan fingerprint density at radius 2 is 1.14 bits per heavy atom. The SMILES string of the molecule is CC1(C)c2ccccc2-c2c(-c3ccc(N(c4ccccc4-c4cccc5cccc(C6CCCCC6)c45)c4cccc5c4sc4ccccc45)cc3)cccc21. The first kappa shape index (κ1) is 34.3. The molecule has 1 aromatic heterocycles. The van der Waals surface area contributed by atoms with Gasteiger partial charge in [-0.3, -0.25) is 0 Å². The first-order valence-electron chi connectivity index (χ1n) is 20.7. The van der Waals surface area contributed by atoms with E-state index >= 15 is 0 Å². The van der Waals surface area contributed by atoms with Crippen molar-refractivity contribution in [3.63, 3.8) is 0 Å². The number of anilines is 3. The highest BCUT2D eigenvalue weighted by Crippen LogP contribution is 2.53. The molecule has 0 aliphatic heterocycles. The monoisotopic (exact) mass is 751 g/mol. The van der Waals surface area contributed by atoms with Gasteiger partial charge in [0.25, 0.3) is 0 Å². The third-order valence-electron chi connectivity index (χ3n) is 13.1. The zero-order valence-electron chi connectivity index (χ0n) is 32.6. The van der Waals surface area contributed by atoms with Crippen molar-refractivity contribution in [2.45, 2.75) is 57.3 Å². The predicted molar refractivity (Wildman–Crippen MR) is 246 cm³/mol. The number of thiophene rings is 1. The maximum atomic E-state index is 2.53. The summed E-state index contributed by atoms with van der Waals surface area (Å²) < 4.78 is 2.62. The minimum absolute atomic E-state index is 0.0379. The topological polar surface area (TPSA) is 3.24 Å². The lowest BCUT2D eigenvalue weighted by atomic mass is 9.80. The molecule has 1 heterocycles. The molecule has 1 fully saturated rings. The summed E-state index contributed by atoms with van der Waals surface area (Å²) in [6, 6.07) is 64.0. The van der Waals surface area contributed by atoms with E-state index < -0.39 is 0 Å². The summed E-state index contributed by atoms with van der Waals surface area (Å²) >= 11 is 1.90. The molecule has 0 spiro atoms. The van der Waals surface area contributed by atoms with E-state index in [2.05, 4.69) is 189 Å². The van der Waals surface area contributed by atoms with Gasteiger partial charge in [-0.05, 0) is 104 Å². The van der Waals surface area contributed by atoms with Gasteiger partial charge in [0.15, 0.2) is 0 Å². The Labute approximate surface area is 339 Å². The summed E-state index contributed by atoms with van der Waals surface area (Å²) in [6.07, 6.45) is 6.54. The van der Waals surface area contributed by atoms with Crippen LogP contribution in [0, 0.1) is 0 Å². The van der Waals surface area contributed by atoms with Crippen LogP contribution in [0.1, 0.15) is 68.6 Å². The van der Waals surface area contributed by atoms with Gasteiger partial charge in [0.1, 0.15) is 0 Å². The lowest BCUT2D eigenvalue weighted by Crippen LogP contribution is -2.14. The van der Waals surface area contributed by atoms with E-state index in [9.17, 15) is 0 Å². The van der Waals surface area contributed by atoms with Gasteiger partial charge >= 0.3 is 0 Å². The highest BCUT2D eigenvalue weighted by atomic mass is 32.1. The van der Waals surface area contributed by atoms with Gasteiger partial charge in [-0.25, -0.2) is 0 Å². The summed E-state index contributed by atoms with van der Waals surface area (Å²) in [5.74, 6) is 0.601. The average molecular weight is 752 g/mol. The number of hydrogen-bond donors (Lipinski definition) is 0. The Kier molecular flexibility index (Phi) is 8.19. The summed E-state index contributed by atoms with van der Waals surface area (Å²) in [6.45, 7) is 4.73. The van der Waals surface area contributed by atoms with Crippen molar-refractivity contribution in [1.29, 1.82) is 0 Å². The van der Waals surface area contributed by atoms with E-state index in [4.69, 9.17) is 0 Å². The Hall–Kier alpha value is -5.96. The number of para-hydroxylation sites is 1. The molecule has 11 rings (SSSR count). The molecule has 0 radical (unpaired) electrons. The van der Waals surface area contributed by atoms with Gasteiger partial charge in [0, 0.05) is 32.1 Å². The van der Waals surface area contributed by atoms with Crippen molar-refractivity contribution in [1.82, 2.24) is 0 Å². The van der Waals surface area contributed by atoms with Crippen LogP contribution in [-0.2, 0) is 5.41 Å². The molecule has 0 saturated heterocycles. The zero-order valence-corrected chi connectivity index (χ0v) is 33.5. The molecule has 0 atom stereocenters. The fourth-order valence-corrected chi connectivity index (χ4v) is 11.6. The summed E-state index contributed by atoms with van der Waals surface area (Å²) in [5, 5.41) is 5.36. The third-order valence-corrected chi connectivity index (χ3v) is 14.3. The van der Waals surface area contributed by atoms with Crippen LogP contribution in [0.15, 0.2) is 170 Å². The van der Waals surface area contributed by atoms with Crippen molar-refractivity contribution < 1.29 is 0 Å². The van der Waals surface area contributed by atoms with Gasteiger partial charge in [-0.1, -0.05) is 173 Å². The molecule has 8 aromatic carbocycles. The van der Waals surface area contributed by atoms with E-state index in [0.29, 0.717) is 5.92 Å². The fraction of sp³-hybridized carbons (Fsp3) is 0.164. The van der Waals surface area contributed by atoms with Gasteiger partial charge in [0.05, 0.1) is 16.1 Å². The Balaban J connectivity index is 1.12. The van der Waals surface area contributed by atoms with Crippen LogP contribution in [-0.4, -0.2) is 0 Å². The summed E-state index contributed by atoms with van der Waals surface area (Å²) in [4.78, 5) is 2.53. The molecule has 0 bridgehead atoms. The Morgan fingerprint density at radius 3 is 2.00 bits per heavy atom. The van der Waals surface area contributed by atoms with Crippen molar-refractivity contribution in [3.05, 3.63) is 187 Å². The molecule has 276 valence electrons. The van der Waals surface area contributed by atoms with E-state index in [-0.39, 0.29) is 5.41 Å². The molecule has 0 amide bonds. The number of rotatable bonds is 6. The predicted octanol–water partition coefficient (Wildman–Crippen LogP) is 16.4. The fourth-order valence-electron chi connectivity index (χ4n) is 10.3. The highest BCUT2D eigenvalue weighted by Gasteiger charge is 2.36. The van der Waals surface area contributed by atoms with E-state index in [0.717, 1.165) is 5.69 Å². The molecule has 2 heteroatoms. The second-order valence-corrected chi connectivity index (χ2v) is 17.7. The first-order chi connectivity index (χ1) is 28.1. The van der Waals surface area contributed by atoms with Crippen molar-refractivity contribution >= 4 is 59.3 Å². The standard InChI is InChI=1S/C55H45NS/c1-55(2)47-27-9-6-22-46(47)53-41(24-14-28-48(53)55)37-32-34-39(35-33-37)56(50-30-15-26-45-43-21-8-11-31-51(43)57-54(45)50)49-29-10-7-20-42(49)44-25-13-19-38-18-12-23-40(52(38)44)36-16-4-3-5-17-36/h6-15,18-36H,3-5,16-17H2,1-2H3. The Bertz CT molecular complexity index is 2970. The second-order valence-electron chi connectivity index (χ2n) is 16.6. The van der Waals surface area contributed by atoms with Crippen LogP contribution in [0.25, 0.3) is 64.3 Å². The minimum Gasteiger partial charge on any atom is -0.308 e. The Morgan fingerprint density at radius 1 is 0.509 bits per heavy atom. The van der Waals surface area contributed by atoms with Crippen LogP contribution in [0.2, 0.25) is 0 Å². The quantitative estimate of drug-likeness (QED) is 0.164. The molecule has 1 saturated carbocycles. The zero-order chi connectivity index (χ0) is 38.1. The molecule has 0 unspecified atom stereocenters.